The summed E-state index contributed by atoms with van der Waals surface area (Å²) in [7, 11) is 4.03. The van der Waals surface area contributed by atoms with Gasteiger partial charge in [0.2, 0.25) is 0 Å². The van der Waals surface area contributed by atoms with Gasteiger partial charge in [0.1, 0.15) is 6.61 Å². The maximum absolute atomic E-state index is 5.55. The van der Waals surface area contributed by atoms with E-state index in [1.165, 1.54) is 0 Å². The Balaban J connectivity index is 0.00000242. The number of hydrogen-bond acceptors (Lipinski definition) is 5. The number of thiocarbonyl (C=S) groups is 1. The topological polar surface area (TPSA) is 37.0 Å². The molecule has 0 radical (unpaired) electrons. The summed E-state index contributed by atoms with van der Waals surface area (Å²) in [5, 5.41) is 3.51. The quantitative estimate of drug-likeness (QED) is 0.825. The molecule has 1 fully saturated rings. The third-order valence-corrected chi connectivity index (χ3v) is 3.59. The van der Waals surface area contributed by atoms with E-state index in [1.807, 2.05) is 38.4 Å². The second kappa shape index (κ2) is 9.84. The molecule has 1 N–H and O–H groups in total. The van der Waals surface area contributed by atoms with Crippen LogP contribution >= 0.6 is 24.6 Å². The predicted octanol–water partition coefficient (Wildman–Crippen LogP) is 2.22. The number of rotatable bonds is 5. The van der Waals surface area contributed by atoms with Gasteiger partial charge >= 0.3 is 0 Å². The SMILES string of the molecule is CN(C)c1ccc(NC(=S)OCCN2CCOCC2)cc1.Cl. The van der Waals surface area contributed by atoms with Crippen LogP contribution in [-0.4, -0.2) is 63.6 Å². The molecule has 1 heterocycles. The van der Waals surface area contributed by atoms with Gasteiger partial charge < -0.3 is 19.7 Å². The lowest BCUT2D eigenvalue weighted by molar-refractivity contribution is 0.0317. The van der Waals surface area contributed by atoms with Gasteiger partial charge in [-0.3, -0.25) is 4.90 Å². The summed E-state index contributed by atoms with van der Waals surface area (Å²) in [6, 6.07) is 8.07. The minimum atomic E-state index is 0. The van der Waals surface area contributed by atoms with E-state index in [-0.39, 0.29) is 12.4 Å². The van der Waals surface area contributed by atoms with E-state index in [2.05, 4.69) is 15.1 Å². The van der Waals surface area contributed by atoms with Crippen LogP contribution in [-0.2, 0) is 9.47 Å². The van der Waals surface area contributed by atoms with Gasteiger partial charge in [-0.2, -0.15) is 0 Å². The molecule has 0 aliphatic carbocycles. The third kappa shape index (κ3) is 6.36. The van der Waals surface area contributed by atoms with Crippen molar-refractivity contribution in [3.8, 4) is 0 Å². The molecular weight excluding hydrogens is 322 g/mol. The average Bonchev–Trinajstić information content (AvgIpc) is 2.49. The molecule has 1 aromatic rings. The van der Waals surface area contributed by atoms with Gasteiger partial charge in [-0.15, -0.1) is 12.4 Å². The van der Waals surface area contributed by atoms with E-state index in [0.29, 0.717) is 11.8 Å². The molecule has 1 aliphatic rings. The fourth-order valence-corrected chi connectivity index (χ4v) is 2.29. The Morgan fingerprint density at radius 2 is 1.91 bits per heavy atom. The molecule has 124 valence electrons. The zero-order valence-corrected chi connectivity index (χ0v) is 14.7. The molecule has 7 heteroatoms. The largest absolute Gasteiger partial charge is 0.469 e. The Morgan fingerprint density at radius 3 is 2.50 bits per heavy atom. The van der Waals surface area contributed by atoms with Crippen LogP contribution in [0.5, 0.6) is 0 Å². The lowest BCUT2D eigenvalue weighted by Gasteiger charge is -2.26. The molecule has 0 saturated carbocycles. The lowest BCUT2D eigenvalue weighted by atomic mass is 10.2. The number of nitrogens with one attached hydrogen (secondary N) is 1. The summed E-state index contributed by atoms with van der Waals surface area (Å²) in [5.74, 6) is 0. The van der Waals surface area contributed by atoms with Crippen molar-refractivity contribution in [1.29, 1.82) is 0 Å². The van der Waals surface area contributed by atoms with Crippen molar-refractivity contribution in [3.63, 3.8) is 0 Å². The van der Waals surface area contributed by atoms with Crippen LogP contribution in [0.4, 0.5) is 11.4 Å². The molecule has 0 amide bonds. The molecule has 1 aliphatic heterocycles. The Kier molecular flexibility index (Phi) is 8.48. The first kappa shape index (κ1) is 19.0. The van der Waals surface area contributed by atoms with Crippen molar-refractivity contribution in [2.24, 2.45) is 0 Å². The summed E-state index contributed by atoms with van der Waals surface area (Å²) >= 11 is 5.20. The second-order valence-electron chi connectivity index (χ2n) is 5.16. The zero-order chi connectivity index (χ0) is 15.1. The fraction of sp³-hybridized carbons (Fsp3) is 0.533. The smallest absolute Gasteiger partial charge is 0.261 e. The maximum Gasteiger partial charge on any atom is 0.261 e. The van der Waals surface area contributed by atoms with E-state index in [1.54, 1.807) is 0 Å². The second-order valence-corrected chi connectivity index (χ2v) is 5.53. The molecule has 0 spiro atoms. The third-order valence-electron chi connectivity index (χ3n) is 3.37. The Morgan fingerprint density at radius 1 is 1.27 bits per heavy atom. The summed E-state index contributed by atoms with van der Waals surface area (Å²) in [4.78, 5) is 4.37. The number of halogens is 1. The van der Waals surface area contributed by atoms with Crippen molar-refractivity contribution >= 4 is 41.2 Å². The molecular formula is C15H24ClN3O2S. The Bertz CT molecular complexity index is 451. The van der Waals surface area contributed by atoms with E-state index >= 15 is 0 Å². The number of benzene rings is 1. The normalized spacial score (nSPS) is 14.8. The average molecular weight is 346 g/mol. The highest BCUT2D eigenvalue weighted by Crippen LogP contribution is 2.15. The monoisotopic (exact) mass is 345 g/mol. The summed E-state index contributed by atoms with van der Waals surface area (Å²) in [6.45, 7) is 5.03. The number of hydrogen-bond donors (Lipinski definition) is 1. The van der Waals surface area contributed by atoms with Crippen LogP contribution in [0.15, 0.2) is 24.3 Å². The van der Waals surface area contributed by atoms with E-state index in [9.17, 15) is 0 Å². The van der Waals surface area contributed by atoms with Crippen molar-refractivity contribution in [2.75, 3.05) is 63.8 Å². The summed E-state index contributed by atoms with van der Waals surface area (Å²) in [5.41, 5.74) is 2.09. The van der Waals surface area contributed by atoms with Crippen LogP contribution in [0.25, 0.3) is 0 Å². The highest BCUT2D eigenvalue weighted by atomic mass is 35.5. The van der Waals surface area contributed by atoms with Crippen LogP contribution < -0.4 is 10.2 Å². The molecule has 1 aromatic carbocycles. The van der Waals surface area contributed by atoms with E-state index in [4.69, 9.17) is 21.7 Å². The lowest BCUT2D eigenvalue weighted by Crippen LogP contribution is -2.38. The molecule has 0 unspecified atom stereocenters. The minimum Gasteiger partial charge on any atom is -0.469 e. The van der Waals surface area contributed by atoms with Gasteiger partial charge in [0, 0.05) is 45.1 Å². The zero-order valence-electron chi connectivity index (χ0n) is 13.1. The van der Waals surface area contributed by atoms with Gasteiger partial charge in [-0.25, -0.2) is 0 Å². The van der Waals surface area contributed by atoms with Crippen LogP contribution in [0.3, 0.4) is 0 Å². The fourth-order valence-electron chi connectivity index (χ4n) is 2.09. The van der Waals surface area contributed by atoms with Crippen LogP contribution in [0, 0.1) is 0 Å². The van der Waals surface area contributed by atoms with Gasteiger partial charge in [0.15, 0.2) is 0 Å². The number of nitrogens with zero attached hydrogens (tertiary/aromatic N) is 2. The van der Waals surface area contributed by atoms with E-state index < -0.39 is 0 Å². The van der Waals surface area contributed by atoms with E-state index in [0.717, 1.165) is 44.2 Å². The number of anilines is 2. The molecule has 5 nitrogen and oxygen atoms in total. The minimum absolute atomic E-state index is 0. The number of morpholine rings is 1. The Hall–Kier alpha value is -1.08. The molecule has 1 saturated heterocycles. The molecule has 2 rings (SSSR count). The summed E-state index contributed by atoms with van der Waals surface area (Å²) in [6.07, 6.45) is 0. The standard InChI is InChI=1S/C15H23N3O2S.ClH/c1-17(2)14-5-3-13(4-6-14)16-15(21)20-12-9-18-7-10-19-11-8-18;/h3-6H,7-12H2,1-2H3,(H,16,21);1H. The molecule has 0 bridgehead atoms. The highest BCUT2D eigenvalue weighted by molar-refractivity contribution is 7.80. The van der Waals surface area contributed by atoms with Crippen molar-refractivity contribution in [3.05, 3.63) is 24.3 Å². The van der Waals surface area contributed by atoms with Crippen molar-refractivity contribution < 1.29 is 9.47 Å². The molecule has 0 aromatic heterocycles. The summed E-state index contributed by atoms with van der Waals surface area (Å²) < 4.78 is 10.9. The van der Waals surface area contributed by atoms with Crippen LogP contribution in [0.2, 0.25) is 0 Å². The highest BCUT2D eigenvalue weighted by Gasteiger charge is 2.10. The van der Waals surface area contributed by atoms with Crippen LogP contribution in [0.1, 0.15) is 0 Å². The first-order chi connectivity index (χ1) is 10.1. The van der Waals surface area contributed by atoms with Crippen molar-refractivity contribution in [2.45, 2.75) is 0 Å². The molecule has 0 atom stereocenters. The van der Waals surface area contributed by atoms with Gasteiger partial charge in [-0.05, 0) is 36.5 Å². The Labute approximate surface area is 144 Å². The predicted molar refractivity (Wildman–Crippen MR) is 97.4 cm³/mol. The van der Waals surface area contributed by atoms with Gasteiger partial charge in [0.05, 0.1) is 13.2 Å². The first-order valence-electron chi connectivity index (χ1n) is 7.16. The van der Waals surface area contributed by atoms with Crippen molar-refractivity contribution in [1.82, 2.24) is 4.90 Å². The first-order valence-corrected chi connectivity index (χ1v) is 7.57. The number of ether oxygens (including phenoxy) is 2. The maximum atomic E-state index is 5.55. The molecule has 22 heavy (non-hydrogen) atoms. The van der Waals surface area contributed by atoms with Gasteiger partial charge in [-0.1, -0.05) is 0 Å². The van der Waals surface area contributed by atoms with Gasteiger partial charge in [0.25, 0.3) is 5.17 Å².